The zero-order chi connectivity index (χ0) is 12.4. The van der Waals surface area contributed by atoms with Crippen LogP contribution < -0.4 is 10.6 Å². The molecule has 0 aliphatic carbocycles. The average Bonchev–Trinajstić information content (AvgIpc) is 2.69. The lowest BCUT2D eigenvalue weighted by molar-refractivity contribution is 0.371. The molecular formula is C12H21N5. The number of nitrogens with two attached hydrogens (primary N) is 1. The third-order valence-electron chi connectivity index (χ3n) is 3.32. The molecule has 0 aromatic carbocycles. The van der Waals surface area contributed by atoms with Crippen molar-refractivity contribution < 1.29 is 0 Å². The highest BCUT2D eigenvalue weighted by molar-refractivity contribution is 5.56. The second-order valence-electron chi connectivity index (χ2n) is 4.96. The first-order valence-corrected chi connectivity index (χ1v) is 6.08. The van der Waals surface area contributed by atoms with Crippen LogP contribution in [0.25, 0.3) is 0 Å². The van der Waals surface area contributed by atoms with Crippen LogP contribution in [0.2, 0.25) is 0 Å². The molecule has 1 unspecified atom stereocenters. The molecule has 0 spiro atoms. The predicted molar refractivity (Wildman–Crippen MR) is 70.1 cm³/mol. The topological polar surface area (TPSA) is 58.3 Å². The molecular weight excluding hydrogens is 214 g/mol. The van der Waals surface area contributed by atoms with Crippen molar-refractivity contribution in [3.8, 4) is 0 Å². The van der Waals surface area contributed by atoms with Gasteiger partial charge in [-0.05, 0) is 33.9 Å². The predicted octanol–water partition coefficient (Wildman–Crippen LogP) is 0.898. The van der Waals surface area contributed by atoms with E-state index in [1.165, 1.54) is 12.8 Å². The van der Waals surface area contributed by atoms with Crippen molar-refractivity contribution in [1.29, 1.82) is 0 Å². The molecule has 2 heterocycles. The molecule has 2 rings (SSSR count). The Bertz CT molecular complexity index is 390. The van der Waals surface area contributed by atoms with E-state index in [1.54, 1.807) is 6.33 Å². The minimum atomic E-state index is 0.540. The Hall–Kier alpha value is -1.36. The number of rotatable bonds is 3. The van der Waals surface area contributed by atoms with Crippen LogP contribution >= 0.6 is 0 Å². The summed E-state index contributed by atoms with van der Waals surface area (Å²) in [6.45, 7) is 4.12. The second-order valence-corrected chi connectivity index (χ2v) is 4.96. The quantitative estimate of drug-likeness (QED) is 0.843. The highest BCUT2D eigenvalue weighted by Crippen LogP contribution is 2.28. The Morgan fingerprint density at radius 3 is 2.94 bits per heavy atom. The van der Waals surface area contributed by atoms with Crippen LogP contribution in [-0.4, -0.2) is 48.1 Å². The van der Waals surface area contributed by atoms with Gasteiger partial charge < -0.3 is 15.5 Å². The number of nitrogen functional groups attached to an aromatic ring is 1. The summed E-state index contributed by atoms with van der Waals surface area (Å²) in [6.07, 6.45) is 4.01. The number of hydrogen-bond acceptors (Lipinski definition) is 5. The van der Waals surface area contributed by atoms with Crippen molar-refractivity contribution in [2.24, 2.45) is 0 Å². The summed E-state index contributed by atoms with van der Waals surface area (Å²) < 4.78 is 0. The maximum atomic E-state index is 5.85. The zero-order valence-electron chi connectivity index (χ0n) is 10.8. The highest BCUT2D eigenvalue weighted by Gasteiger charge is 2.27. The van der Waals surface area contributed by atoms with E-state index in [0.29, 0.717) is 11.9 Å². The van der Waals surface area contributed by atoms with E-state index in [4.69, 9.17) is 5.73 Å². The van der Waals surface area contributed by atoms with Crippen LogP contribution in [-0.2, 0) is 0 Å². The monoisotopic (exact) mass is 235 g/mol. The number of hydrogen-bond donors (Lipinski definition) is 1. The van der Waals surface area contributed by atoms with Crippen molar-refractivity contribution in [2.45, 2.75) is 25.8 Å². The third-order valence-corrected chi connectivity index (χ3v) is 3.32. The Kier molecular flexibility index (Phi) is 3.47. The van der Waals surface area contributed by atoms with Crippen LogP contribution in [0, 0.1) is 6.92 Å². The van der Waals surface area contributed by atoms with Gasteiger partial charge in [-0.2, -0.15) is 0 Å². The Morgan fingerprint density at radius 2 is 2.24 bits per heavy atom. The van der Waals surface area contributed by atoms with Gasteiger partial charge in [0.2, 0.25) is 0 Å². The fourth-order valence-electron chi connectivity index (χ4n) is 2.47. The van der Waals surface area contributed by atoms with Crippen molar-refractivity contribution in [3.05, 3.63) is 11.9 Å². The summed E-state index contributed by atoms with van der Waals surface area (Å²) >= 11 is 0. The first kappa shape index (κ1) is 12.1. The molecule has 5 nitrogen and oxygen atoms in total. The molecule has 1 aliphatic rings. The largest absolute Gasteiger partial charge is 0.383 e. The van der Waals surface area contributed by atoms with Crippen LogP contribution in [0.5, 0.6) is 0 Å². The van der Waals surface area contributed by atoms with Crippen LogP contribution in [0.4, 0.5) is 11.6 Å². The van der Waals surface area contributed by atoms with Gasteiger partial charge in [0.25, 0.3) is 0 Å². The van der Waals surface area contributed by atoms with Gasteiger partial charge in [0.1, 0.15) is 18.0 Å². The minimum absolute atomic E-state index is 0.540. The lowest BCUT2D eigenvalue weighted by Crippen LogP contribution is -2.38. The molecule has 0 amide bonds. The molecule has 1 saturated heterocycles. The first-order chi connectivity index (χ1) is 8.09. The number of nitrogens with zero attached hydrogens (tertiary/aromatic N) is 4. The number of likely N-dealkylation sites (N-methyl/N-ethyl adjacent to an activating group) is 1. The van der Waals surface area contributed by atoms with Crippen molar-refractivity contribution in [3.63, 3.8) is 0 Å². The molecule has 1 aliphatic heterocycles. The van der Waals surface area contributed by atoms with Gasteiger partial charge in [-0.3, -0.25) is 0 Å². The smallest absolute Gasteiger partial charge is 0.137 e. The molecule has 1 aromatic rings. The average molecular weight is 235 g/mol. The van der Waals surface area contributed by atoms with E-state index in [-0.39, 0.29) is 0 Å². The van der Waals surface area contributed by atoms with Gasteiger partial charge in [-0.25, -0.2) is 9.97 Å². The Labute approximate surface area is 103 Å². The fourth-order valence-corrected chi connectivity index (χ4v) is 2.47. The molecule has 1 aromatic heterocycles. The maximum absolute atomic E-state index is 5.85. The van der Waals surface area contributed by atoms with E-state index in [0.717, 1.165) is 24.5 Å². The van der Waals surface area contributed by atoms with Gasteiger partial charge in [0.15, 0.2) is 0 Å². The van der Waals surface area contributed by atoms with E-state index in [2.05, 4.69) is 33.9 Å². The van der Waals surface area contributed by atoms with E-state index >= 15 is 0 Å². The summed E-state index contributed by atoms with van der Waals surface area (Å²) in [5.41, 5.74) is 6.85. The highest BCUT2D eigenvalue weighted by atomic mass is 15.3. The molecule has 5 heteroatoms. The van der Waals surface area contributed by atoms with Crippen LogP contribution in [0.15, 0.2) is 6.33 Å². The van der Waals surface area contributed by atoms with Crippen molar-refractivity contribution in [1.82, 2.24) is 14.9 Å². The van der Waals surface area contributed by atoms with Crippen LogP contribution in [0.3, 0.4) is 0 Å². The molecule has 0 bridgehead atoms. The van der Waals surface area contributed by atoms with Gasteiger partial charge in [0.05, 0.1) is 0 Å². The summed E-state index contributed by atoms with van der Waals surface area (Å²) in [7, 11) is 4.22. The SMILES string of the molecule is Cc1c(N)ncnc1N1CCCC1CN(C)C. The molecule has 0 saturated carbocycles. The molecule has 94 valence electrons. The minimum Gasteiger partial charge on any atom is -0.383 e. The maximum Gasteiger partial charge on any atom is 0.137 e. The third kappa shape index (κ3) is 2.49. The summed E-state index contributed by atoms with van der Waals surface area (Å²) in [4.78, 5) is 13.0. The molecule has 1 fully saturated rings. The van der Waals surface area contributed by atoms with Gasteiger partial charge >= 0.3 is 0 Å². The van der Waals surface area contributed by atoms with Gasteiger partial charge in [-0.1, -0.05) is 0 Å². The van der Waals surface area contributed by atoms with E-state index < -0.39 is 0 Å². The summed E-state index contributed by atoms with van der Waals surface area (Å²) in [5, 5.41) is 0. The number of anilines is 2. The van der Waals surface area contributed by atoms with E-state index in [1.807, 2.05) is 6.92 Å². The van der Waals surface area contributed by atoms with Crippen molar-refractivity contribution in [2.75, 3.05) is 37.8 Å². The first-order valence-electron chi connectivity index (χ1n) is 6.08. The number of aromatic nitrogens is 2. The summed E-state index contributed by atoms with van der Waals surface area (Å²) in [5.74, 6) is 1.59. The fraction of sp³-hybridized carbons (Fsp3) is 0.667. The molecule has 1 atom stereocenters. The second kappa shape index (κ2) is 4.87. The lowest BCUT2D eigenvalue weighted by atomic mass is 10.2. The van der Waals surface area contributed by atoms with Crippen molar-refractivity contribution >= 4 is 11.6 Å². The standard InChI is InChI=1S/C12H21N5/c1-9-11(13)14-8-15-12(9)17-6-4-5-10(17)7-16(2)3/h8,10H,4-7H2,1-3H3,(H2,13,14,15). The Morgan fingerprint density at radius 1 is 1.47 bits per heavy atom. The van der Waals surface area contributed by atoms with Gasteiger partial charge in [0, 0.05) is 24.7 Å². The van der Waals surface area contributed by atoms with Gasteiger partial charge in [-0.15, -0.1) is 0 Å². The zero-order valence-corrected chi connectivity index (χ0v) is 10.8. The Balaban J connectivity index is 2.23. The lowest BCUT2D eigenvalue weighted by Gasteiger charge is -2.29. The van der Waals surface area contributed by atoms with E-state index in [9.17, 15) is 0 Å². The molecule has 2 N–H and O–H groups in total. The van der Waals surface area contributed by atoms with Crippen LogP contribution in [0.1, 0.15) is 18.4 Å². The molecule has 17 heavy (non-hydrogen) atoms. The normalized spacial score (nSPS) is 20.2. The molecule has 0 radical (unpaired) electrons. The summed E-state index contributed by atoms with van der Waals surface area (Å²) in [6, 6.07) is 0.540.